The lowest BCUT2D eigenvalue weighted by molar-refractivity contribution is 0.209. The van der Waals surface area contributed by atoms with E-state index < -0.39 is 0 Å². The summed E-state index contributed by atoms with van der Waals surface area (Å²) in [5, 5.41) is 4.42. The summed E-state index contributed by atoms with van der Waals surface area (Å²) >= 11 is 8.04. The maximum atomic E-state index is 12.8. The van der Waals surface area contributed by atoms with Gasteiger partial charge in [0.2, 0.25) is 0 Å². The standard InChI is InChI=1S/C21H22ClN3OS/c1-3-12-25(21(26)23-17-8-10-18(27-2)11-9-17)14-16-13-15-6-4-5-7-19(15)24-20(16)22/h4-11,13H,3,12,14H2,1-2H3,(H,23,26). The Bertz CT molecular complexity index is 930. The zero-order valence-corrected chi connectivity index (χ0v) is 17.0. The zero-order chi connectivity index (χ0) is 19.2. The molecular formula is C21H22ClN3OS. The van der Waals surface area contributed by atoms with Crippen molar-refractivity contribution in [2.75, 3.05) is 18.1 Å². The van der Waals surface area contributed by atoms with E-state index in [9.17, 15) is 4.79 Å². The number of nitrogens with zero attached hydrogens (tertiary/aromatic N) is 2. The van der Waals surface area contributed by atoms with E-state index in [-0.39, 0.29) is 6.03 Å². The Labute approximate surface area is 168 Å². The van der Waals surface area contributed by atoms with Crippen molar-refractivity contribution in [2.45, 2.75) is 24.8 Å². The second-order valence-electron chi connectivity index (χ2n) is 6.21. The molecule has 2 amide bonds. The summed E-state index contributed by atoms with van der Waals surface area (Å²) in [4.78, 5) is 20.2. The summed E-state index contributed by atoms with van der Waals surface area (Å²) in [7, 11) is 0. The number of nitrogens with one attached hydrogen (secondary N) is 1. The molecule has 3 rings (SSSR count). The molecule has 0 fully saturated rings. The number of hydrogen-bond acceptors (Lipinski definition) is 3. The average molecular weight is 400 g/mol. The van der Waals surface area contributed by atoms with Crippen molar-refractivity contribution in [3.05, 3.63) is 65.3 Å². The Morgan fingerprint density at radius 1 is 1.19 bits per heavy atom. The number of benzene rings is 2. The highest BCUT2D eigenvalue weighted by Crippen LogP contribution is 2.23. The first-order valence-electron chi connectivity index (χ1n) is 8.85. The van der Waals surface area contributed by atoms with Crippen LogP contribution in [0.4, 0.5) is 10.5 Å². The molecule has 1 aromatic heterocycles. The highest BCUT2D eigenvalue weighted by atomic mass is 35.5. The van der Waals surface area contributed by atoms with E-state index in [2.05, 4.69) is 10.3 Å². The molecule has 27 heavy (non-hydrogen) atoms. The van der Waals surface area contributed by atoms with Gasteiger partial charge in [0.15, 0.2) is 0 Å². The number of urea groups is 1. The van der Waals surface area contributed by atoms with Gasteiger partial charge in [-0.15, -0.1) is 11.8 Å². The van der Waals surface area contributed by atoms with Gasteiger partial charge in [0.05, 0.1) is 12.1 Å². The number of carbonyl (C=O) groups is 1. The van der Waals surface area contributed by atoms with Crippen LogP contribution in [0.3, 0.4) is 0 Å². The van der Waals surface area contributed by atoms with Crippen LogP contribution in [0.25, 0.3) is 10.9 Å². The van der Waals surface area contributed by atoms with Crippen molar-refractivity contribution in [3.63, 3.8) is 0 Å². The van der Waals surface area contributed by atoms with E-state index in [1.165, 1.54) is 0 Å². The SMILES string of the molecule is CCCN(Cc1cc2ccccc2nc1Cl)C(=O)Nc1ccc(SC)cc1. The summed E-state index contributed by atoms with van der Waals surface area (Å²) in [6, 6.07) is 17.5. The van der Waals surface area contributed by atoms with Crippen molar-refractivity contribution in [3.8, 4) is 0 Å². The van der Waals surface area contributed by atoms with Crippen LogP contribution in [-0.4, -0.2) is 28.7 Å². The van der Waals surface area contributed by atoms with Crippen LogP contribution in [0.1, 0.15) is 18.9 Å². The molecule has 0 aliphatic carbocycles. The monoisotopic (exact) mass is 399 g/mol. The third-order valence-corrected chi connectivity index (χ3v) is 5.30. The first kappa shape index (κ1) is 19.5. The number of hydrogen-bond donors (Lipinski definition) is 1. The van der Waals surface area contributed by atoms with Crippen LogP contribution < -0.4 is 5.32 Å². The molecule has 6 heteroatoms. The normalized spacial score (nSPS) is 10.8. The minimum absolute atomic E-state index is 0.141. The maximum Gasteiger partial charge on any atom is 0.322 e. The molecule has 0 bridgehead atoms. The van der Waals surface area contributed by atoms with Gasteiger partial charge in [0.1, 0.15) is 5.15 Å². The van der Waals surface area contributed by atoms with Gasteiger partial charge in [-0.3, -0.25) is 0 Å². The Morgan fingerprint density at radius 3 is 2.63 bits per heavy atom. The molecule has 0 radical (unpaired) electrons. The molecule has 0 atom stereocenters. The lowest BCUT2D eigenvalue weighted by atomic mass is 10.1. The molecule has 4 nitrogen and oxygen atoms in total. The van der Waals surface area contributed by atoms with Crippen molar-refractivity contribution >= 4 is 46.0 Å². The third-order valence-electron chi connectivity index (χ3n) is 4.23. The Balaban J connectivity index is 1.78. The fraction of sp³-hybridized carbons (Fsp3) is 0.238. The summed E-state index contributed by atoms with van der Waals surface area (Å²) in [6.07, 6.45) is 2.88. The first-order valence-corrected chi connectivity index (χ1v) is 10.4. The van der Waals surface area contributed by atoms with Crippen molar-refractivity contribution in [1.82, 2.24) is 9.88 Å². The zero-order valence-electron chi connectivity index (χ0n) is 15.4. The highest BCUT2D eigenvalue weighted by molar-refractivity contribution is 7.98. The van der Waals surface area contributed by atoms with Crippen LogP contribution in [0.2, 0.25) is 5.15 Å². The van der Waals surface area contributed by atoms with Gasteiger partial charge in [0.25, 0.3) is 0 Å². The largest absolute Gasteiger partial charge is 0.322 e. The van der Waals surface area contributed by atoms with Crippen LogP contribution in [0, 0.1) is 0 Å². The van der Waals surface area contributed by atoms with Crippen LogP contribution in [0.15, 0.2) is 59.5 Å². The van der Waals surface area contributed by atoms with Gasteiger partial charge >= 0.3 is 6.03 Å². The van der Waals surface area contributed by atoms with Crippen LogP contribution in [0.5, 0.6) is 0 Å². The smallest absolute Gasteiger partial charge is 0.320 e. The molecule has 0 unspecified atom stereocenters. The molecule has 2 aromatic carbocycles. The number of aromatic nitrogens is 1. The number of halogens is 1. The maximum absolute atomic E-state index is 12.8. The molecule has 0 saturated carbocycles. The summed E-state index contributed by atoms with van der Waals surface area (Å²) in [5.74, 6) is 0. The van der Waals surface area contributed by atoms with E-state index in [0.717, 1.165) is 33.5 Å². The lowest BCUT2D eigenvalue weighted by Crippen LogP contribution is -2.35. The summed E-state index contributed by atoms with van der Waals surface area (Å²) in [6.45, 7) is 3.10. The molecule has 0 aliphatic heterocycles. The molecular weight excluding hydrogens is 378 g/mol. The van der Waals surface area contributed by atoms with Crippen molar-refractivity contribution in [1.29, 1.82) is 0 Å². The molecule has 1 heterocycles. The van der Waals surface area contributed by atoms with E-state index >= 15 is 0 Å². The topological polar surface area (TPSA) is 45.2 Å². The minimum Gasteiger partial charge on any atom is -0.320 e. The summed E-state index contributed by atoms with van der Waals surface area (Å²) in [5.41, 5.74) is 2.48. The van der Waals surface area contributed by atoms with Gasteiger partial charge in [-0.2, -0.15) is 0 Å². The second-order valence-corrected chi connectivity index (χ2v) is 7.45. The number of para-hydroxylation sites is 1. The minimum atomic E-state index is -0.141. The predicted molar refractivity (Wildman–Crippen MR) is 115 cm³/mol. The lowest BCUT2D eigenvalue weighted by Gasteiger charge is -2.23. The molecule has 1 N–H and O–H groups in total. The Kier molecular flexibility index (Phi) is 6.58. The number of anilines is 1. The van der Waals surface area contributed by atoms with Gasteiger partial charge in [-0.1, -0.05) is 36.7 Å². The Morgan fingerprint density at radius 2 is 1.93 bits per heavy atom. The number of thioether (sulfide) groups is 1. The molecule has 140 valence electrons. The van der Waals surface area contributed by atoms with E-state index in [4.69, 9.17) is 11.6 Å². The number of amides is 2. The quantitative estimate of drug-likeness (QED) is 0.405. The van der Waals surface area contributed by atoms with E-state index in [1.54, 1.807) is 16.7 Å². The van der Waals surface area contributed by atoms with Crippen molar-refractivity contribution < 1.29 is 4.79 Å². The number of fused-ring (bicyclic) bond motifs is 1. The van der Waals surface area contributed by atoms with Crippen LogP contribution >= 0.6 is 23.4 Å². The van der Waals surface area contributed by atoms with E-state index in [0.29, 0.717) is 18.2 Å². The Hall–Kier alpha value is -2.24. The highest BCUT2D eigenvalue weighted by Gasteiger charge is 2.16. The number of pyridine rings is 1. The predicted octanol–water partition coefficient (Wildman–Crippen LogP) is 6.05. The van der Waals surface area contributed by atoms with Gasteiger partial charge in [-0.05, 0) is 49.1 Å². The molecule has 0 aliphatic rings. The molecule has 3 aromatic rings. The van der Waals surface area contributed by atoms with Crippen molar-refractivity contribution in [2.24, 2.45) is 0 Å². The second kappa shape index (κ2) is 9.11. The summed E-state index contributed by atoms with van der Waals surface area (Å²) < 4.78 is 0. The first-order chi connectivity index (χ1) is 13.1. The molecule has 0 spiro atoms. The average Bonchev–Trinajstić information content (AvgIpc) is 2.68. The van der Waals surface area contributed by atoms with Gasteiger partial charge < -0.3 is 10.2 Å². The fourth-order valence-corrected chi connectivity index (χ4v) is 3.47. The van der Waals surface area contributed by atoms with Gasteiger partial charge in [-0.25, -0.2) is 9.78 Å². The van der Waals surface area contributed by atoms with Gasteiger partial charge in [0, 0.05) is 28.1 Å². The van der Waals surface area contributed by atoms with E-state index in [1.807, 2.05) is 67.8 Å². The fourth-order valence-electron chi connectivity index (χ4n) is 2.85. The molecule has 0 saturated heterocycles. The van der Waals surface area contributed by atoms with Crippen LogP contribution in [-0.2, 0) is 6.54 Å². The number of rotatable bonds is 6. The number of carbonyl (C=O) groups excluding carboxylic acids is 1. The third kappa shape index (κ3) is 4.93.